The van der Waals surface area contributed by atoms with E-state index in [-0.39, 0.29) is 5.78 Å². The number of hydrogen-bond donors (Lipinski definition) is 1. The van der Waals surface area contributed by atoms with Crippen molar-refractivity contribution in [3.05, 3.63) is 29.8 Å². The number of carbonyl (C=O) groups excluding carboxylic acids is 1. The van der Waals surface area contributed by atoms with Crippen molar-refractivity contribution in [3.63, 3.8) is 0 Å². The summed E-state index contributed by atoms with van der Waals surface area (Å²) in [6.45, 7) is 3.83. The molecule has 1 fully saturated rings. The van der Waals surface area contributed by atoms with Gasteiger partial charge in [0.25, 0.3) is 0 Å². The van der Waals surface area contributed by atoms with Gasteiger partial charge >= 0.3 is 0 Å². The molecule has 2 N–H and O–H groups in total. The molecule has 0 aliphatic carbocycles. The predicted molar refractivity (Wildman–Crippen MR) is 65.9 cm³/mol. The molecule has 0 spiro atoms. The number of carbonyl (C=O) groups is 1. The molecule has 3 heteroatoms. The highest BCUT2D eigenvalue weighted by molar-refractivity contribution is 6.04. The Kier molecular flexibility index (Phi) is 3.25. The highest BCUT2D eigenvalue weighted by Crippen LogP contribution is 2.25. The van der Waals surface area contributed by atoms with Crippen molar-refractivity contribution in [2.45, 2.75) is 25.8 Å². The maximum absolute atomic E-state index is 12.0. The molecule has 3 nitrogen and oxygen atoms in total. The fourth-order valence-corrected chi connectivity index (χ4v) is 2.16. The van der Waals surface area contributed by atoms with E-state index in [1.807, 2.05) is 24.3 Å². The molecule has 1 unspecified atom stereocenters. The lowest BCUT2D eigenvalue weighted by Gasteiger charge is -2.21. The van der Waals surface area contributed by atoms with E-state index in [4.69, 9.17) is 5.73 Å². The van der Waals surface area contributed by atoms with Crippen LogP contribution in [0.25, 0.3) is 0 Å². The van der Waals surface area contributed by atoms with Gasteiger partial charge in [0.05, 0.1) is 6.04 Å². The zero-order valence-corrected chi connectivity index (χ0v) is 9.65. The number of benzene rings is 1. The van der Waals surface area contributed by atoms with Crippen molar-refractivity contribution in [1.29, 1.82) is 0 Å². The van der Waals surface area contributed by atoms with E-state index in [0.29, 0.717) is 0 Å². The van der Waals surface area contributed by atoms with Crippen molar-refractivity contribution < 1.29 is 4.79 Å². The summed E-state index contributed by atoms with van der Waals surface area (Å²) in [5.41, 5.74) is 7.47. The second-order valence-corrected chi connectivity index (χ2v) is 4.36. The van der Waals surface area contributed by atoms with Crippen molar-refractivity contribution in [3.8, 4) is 0 Å². The lowest BCUT2D eigenvalue weighted by molar-refractivity contribution is 0.0968. The first-order valence-electron chi connectivity index (χ1n) is 5.84. The molecule has 86 valence electrons. The van der Waals surface area contributed by atoms with E-state index in [2.05, 4.69) is 4.90 Å². The second-order valence-electron chi connectivity index (χ2n) is 4.36. The fourth-order valence-electron chi connectivity index (χ4n) is 2.16. The molecule has 0 radical (unpaired) electrons. The molecule has 1 aromatic carbocycles. The standard InChI is InChI=1S/C13H18N2O/c1-10(14)13(16)11-6-2-3-7-12(11)15-8-4-5-9-15/h2-3,6-7,10H,4-5,8-9,14H2,1H3. The molecule has 1 aliphatic rings. The van der Waals surface area contributed by atoms with E-state index in [1.165, 1.54) is 12.8 Å². The van der Waals surface area contributed by atoms with Crippen LogP contribution in [-0.4, -0.2) is 24.9 Å². The first-order chi connectivity index (χ1) is 7.70. The number of Topliss-reactive ketones (excluding diaryl/α,β-unsaturated/α-hetero) is 1. The van der Waals surface area contributed by atoms with Crippen LogP contribution < -0.4 is 10.6 Å². The number of nitrogens with zero attached hydrogens (tertiary/aromatic N) is 1. The molecule has 1 heterocycles. The molecule has 1 atom stereocenters. The molecule has 1 aromatic rings. The first-order valence-corrected chi connectivity index (χ1v) is 5.84. The zero-order valence-electron chi connectivity index (χ0n) is 9.65. The largest absolute Gasteiger partial charge is 0.371 e. The average molecular weight is 218 g/mol. The number of ketones is 1. The molecular formula is C13H18N2O. The summed E-state index contributed by atoms with van der Waals surface area (Å²) in [4.78, 5) is 14.2. The minimum Gasteiger partial charge on any atom is -0.371 e. The Balaban J connectivity index is 2.33. The monoisotopic (exact) mass is 218 g/mol. The third-order valence-electron chi connectivity index (χ3n) is 3.03. The van der Waals surface area contributed by atoms with Gasteiger partial charge in [-0.05, 0) is 31.9 Å². The van der Waals surface area contributed by atoms with Crippen LogP contribution in [0.4, 0.5) is 5.69 Å². The van der Waals surface area contributed by atoms with Gasteiger partial charge in [0, 0.05) is 24.3 Å². The average Bonchev–Trinajstić information content (AvgIpc) is 2.81. The number of rotatable bonds is 3. The summed E-state index contributed by atoms with van der Waals surface area (Å²) < 4.78 is 0. The van der Waals surface area contributed by atoms with Gasteiger partial charge in [0.1, 0.15) is 0 Å². The number of nitrogens with two attached hydrogens (primary N) is 1. The van der Waals surface area contributed by atoms with Crippen molar-refractivity contribution >= 4 is 11.5 Å². The van der Waals surface area contributed by atoms with E-state index in [9.17, 15) is 4.79 Å². The lowest BCUT2D eigenvalue weighted by Crippen LogP contribution is -2.29. The van der Waals surface area contributed by atoms with Crippen LogP contribution >= 0.6 is 0 Å². The molecule has 2 rings (SSSR count). The van der Waals surface area contributed by atoms with Crippen molar-refractivity contribution in [2.24, 2.45) is 5.73 Å². The van der Waals surface area contributed by atoms with E-state index in [0.717, 1.165) is 24.3 Å². The van der Waals surface area contributed by atoms with Gasteiger partial charge in [-0.15, -0.1) is 0 Å². The summed E-state index contributed by atoms with van der Waals surface area (Å²) in [6, 6.07) is 7.34. The Morgan fingerprint density at radius 1 is 1.31 bits per heavy atom. The lowest BCUT2D eigenvalue weighted by atomic mass is 10.0. The molecular weight excluding hydrogens is 200 g/mol. The Hall–Kier alpha value is -1.35. The van der Waals surface area contributed by atoms with Crippen molar-refractivity contribution in [1.82, 2.24) is 0 Å². The van der Waals surface area contributed by atoms with Gasteiger partial charge in [-0.3, -0.25) is 4.79 Å². The first kappa shape index (κ1) is 11.1. The molecule has 0 saturated carbocycles. The summed E-state index contributed by atoms with van der Waals surface area (Å²) in [5, 5.41) is 0. The van der Waals surface area contributed by atoms with Crippen LogP contribution in [0.1, 0.15) is 30.1 Å². The maximum Gasteiger partial charge on any atom is 0.181 e. The quantitative estimate of drug-likeness (QED) is 0.787. The smallest absolute Gasteiger partial charge is 0.181 e. The van der Waals surface area contributed by atoms with Crippen LogP contribution in [0.3, 0.4) is 0 Å². The van der Waals surface area contributed by atoms with Crippen LogP contribution in [0.15, 0.2) is 24.3 Å². The Bertz CT molecular complexity index is 381. The summed E-state index contributed by atoms with van der Waals surface area (Å²) >= 11 is 0. The third kappa shape index (κ3) is 2.09. The van der Waals surface area contributed by atoms with Gasteiger partial charge < -0.3 is 10.6 Å². The van der Waals surface area contributed by atoms with Gasteiger partial charge in [0.2, 0.25) is 0 Å². The number of para-hydroxylation sites is 1. The van der Waals surface area contributed by atoms with Crippen LogP contribution in [0.2, 0.25) is 0 Å². The maximum atomic E-state index is 12.0. The Labute approximate surface area is 96.2 Å². The van der Waals surface area contributed by atoms with Gasteiger partial charge in [-0.1, -0.05) is 12.1 Å². The van der Waals surface area contributed by atoms with Gasteiger partial charge in [-0.2, -0.15) is 0 Å². The third-order valence-corrected chi connectivity index (χ3v) is 3.03. The SMILES string of the molecule is CC(N)C(=O)c1ccccc1N1CCCC1. The molecule has 1 aliphatic heterocycles. The Morgan fingerprint density at radius 2 is 1.94 bits per heavy atom. The number of hydrogen-bond acceptors (Lipinski definition) is 3. The van der Waals surface area contributed by atoms with Crippen molar-refractivity contribution in [2.75, 3.05) is 18.0 Å². The second kappa shape index (κ2) is 4.66. The zero-order chi connectivity index (χ0) is 11.5. The molecule has 0 aromatic heterocycles. The fraction of sp³-hybridized carbons (Fsp3) is 0.462. The topological polar surface area (TPSA) is 46.3 Å². The minimum absolute atomic E-state index is 0.0301. The van der Waals surface area contributed by atoms with E-state index >= 15 is 0 Å². The predicted octanol–water partition coefficient (Wildman–Crippen LogP) is 1.82. The van der Waals surface area contributed by atoms with Crippen LogP contribution in [0.5, 0.6) is 0 Å². The normalized spacial score (nSPS) is 17.5. The summed E-state index contributed by atoms with van der Waals surface area (Å²) in [7, 11) is 0. The van der Waals surface area contributed by atoms with Crippen LogP contribution in [-0.2, 0) is 0 Å². The van der Waals surface area contributed by atoms with Crippen LogP contribution in [0, 0.1) is 0 Å². The molecule has 1 saturated heterocycles. The Morgan fingerprint density at radius 3 is 2.56 bits per heavy atom. The molecule has 0 bridgehead atoms. The number of anilines is 1. The van der Waals surface area contributed by atoms with Gasteiger partial charge in [0.15, 0.2) is 5.78 Å². The highest BCUT2D eigenvalue weighted by atomic mass is 16.1. The summed E-state index contributed by atoms with van der Waals surface area (Å²) in [5.74, 6) is 0.0301. The molecule has 16 heavy (non-hydrogen) atoms. The highest BCUT2D eigenvalue weighted by Gasteiger charge is 2.20. The minimum atomic E-state index is -0.427. The summed E-state index contributed by atoms with van der Waals surface area (Å²) in [6.07, 6.45) is 2.42. The van der Waals surface area contributed by atoms with E-state index in [1.54, 1.807) is 6.92 Å². The van der Waals surface area contributed by atoms with Gasteiger partial charge in [-0.25, -0.2) is 0 Å². The van der Waals surface area contributed by atoms with E-state index < -0.39 is 6.04 Å². The molecule has 0 amide bonds.